The van der Waals surface area contributed by atoms with Crippen molar-refractivity contribution in [2.75, 3.05) is 5.75 Å². The first-order valence-corrected chi connectivity index (χ1v) is 10.3. The minimum absolute atomic E-state index is 1.02. The fourth-order valence-electron chi connectivity index (χ4n) is 3.51. The Labute approximate surface area is 144 Å². The van der Waals surface area contributed by atoms with E-state index >= 15 is 0 Å². The Hall–Kier alpha value is -1.20. The summed E-state index contributed by atoms with van der Waals surface area (Å²) >= 11 is 3.63. The van der Waals surface area contributed by atoms with Crippen LogP contribution in [0.2, 0.25) is 0 Å². The van der Waals surface area contributed by atoms with E-state index in [9.17, 15) is 0 Å². The standard InChI is InChI=1S/C18H21N3S2/c1-3-9-22-18-16-15(19-10-20-18)14-12-8-6-5-7-11(12)13(4-2)21-17(14)23-16/h10H,3-9H2,1-2H3. The minimum atomic E-state index is 1.02. The molecule has 3 nitrogen and oxygen atoms in total. The Balaban J connectivity index is 2.02. The summed E-state index contributed by atoms with van der Waals surface area (Å²) < 4.78 is 1.23. The first-order valence-electron chi connectivity index (χ1n) is 8.54. The number of fused-ring (bicyclic) bond motifs is 5. The molecule has 3 aromatic heterocycles. The summed E-state index contributed by atoms with van der Waals surface area (Å²) in [6, 6.07) is 0. The molecule has 5 heteroatoms. The second-order valence-electron chi connectivity index (χ2n) is 6.06. The minimum Gasteiger partial charge on any atom is -0.242 e. The molecule has 0 radical (unpaired) electrons. The zero-order chi connectivity index (χ0) is 15.8. The Morgan fingerprint density at radius 2 is 1.96 bits per heavy atom. The van der Waals surface area contributed by atoms with Gasteiger partial charge in [0.05, 0.1) is 10.2 Å². The van der Waals surface area contributed by atoms with Gasteiger partial charge in [-0.25, -0.2) is 15.0 Å². The molecule has 0 bridgehead atoms. The van der Waals surface area contributed by atoms with Crippen LogP contribution in [0.15, 0.2) is 11.4 Å². The molecule has 0 amide bonds. The quantitative estimate of drug-likeness (QED) is 0.483. The predicted molar refractivity (Wildman–Crippen MR) is 99.8 cm³/mol. The van der Waals surface area contributed by atoms with Gasteiger partial charge in [-0.05, 0) is 55.4 Å². The van der Waals surface area contributed by atoms with Crippen molar-refractivity contribution in [3.05, 3.63) is 23.1 Å². The van der Waals surface area contributed by atoms with Crippen molar-refractivity contribution in [1.29, 1.82) is 0 Å². The van der Waals surface area contributed by atoms with Crippen LogP contribution >= 0.6 is 23.1 Å². The van der Waals surface area contributed by atoms with Gasteiger partial charge in [-0.2, -0.15) is 0 Å². The lowest BCUT2D eigenvalue weighted by molar-refractivity contribution is 0.679. The monoisotopic (exact) mass is 343 g/mol. The van der Waals surface area contributed by atoms with Crippen LogP contribution in [0.4, 0.5) is 0 Å². The number of hydrogen-bond donors (Lipinski definition) is 0. The molecule has 1 aliphatic rings. The van der Waals surface area contributed by atoms with Crippen LogP contribution in [0.25, 0.3) is 20.4 Å². The topological polar surface area (TPSA) is 38.7 Å². The molecule has 0 aromatic carbocycles. The van der Waals surface area contributed by atoms with E-state index in [1.807, 2.05) is 11.8 Å². The zero-order valence-corrected chi connectivity index (χ0v) is 15.3. The van der Waals surface area contributed by atoms with Crippen molar-refractivity contribution in [3.63, 3.8) is 0 Å². The summed E-state index contributed by atoms with van der Waals surface area (Å²) in [5.74, 6) is 1.10. The molecule has 0 N–H and O–H groups in total. The molecule has 0 unspecified atom stereocenters. The van der Waals surface area contributed by atoms with Gasteiger partial charge in [-0.15, -0.1) is 23.1 Å². The van der Waals surface area contributed by atoms with E-state index in [0.29, 0.717) is 0 Å². The van der Waals surface area contributed by atoms with E-state index in [-0.39, 0.29) is 0 Å². The van der Waals surface area contributed by atoms with Gasteiger partial charge in [0.25, 0.3) is 0 Å². The first kappa shape index (κ1) is 15.3. The average molecular weight is 344 g/mol. The maximum absolute atomic E-state index is 5.01. The van der Waals surface area contributed by atoms with Crippen molar-refractivity contribution < 1.29 is 0 Å². The molecule has 4 rings (SSSR count). The van der Waals surface area contributed by atoms with Crippen LogP contribution < -0.4 is 0 Å². The smallest absolute Gasteiger partial charge is 0.126 e. The molecule has 0 spiro atoms. The Morgan fingerprint density at radius 3 is 2.74 bits per heavy atom. The third-order valence-corrected chi connectivity index (χ3v) is 6.96. The van der Waals surface area contributed by atoms with Gasteiger partial charge in [0.15, 0.2) is 0 Å². The predicted octanol–water partition coefficient (Wildman–Crippen LogP) is 5.18. The molecule has 0 saturated heterocycles. The van der Waals surface area contributed by atoms with Gasteiger partial charge < -0.3 is 0 Å². The Bertz CT molecular complexity index is 870. The van der Waals surface area contributed by atoms with Crippen molar-refractivity contribution in [2.24, 2.45) is 0 Å². The summed E-state index contributed by atoms with van der Waals surface area (Å²) in [5.41, 5.74) is 5.46. The normalized spacial score (nSPS) is 14.5. The number of thioether (sulfide) groups is 1. The van der Waals surface area contributed by atoms with E-state index < -0.39 is 0 Å². The van der Waals surface area contributed by atoms with Gasteiger partial charge >= 0.3 is 0 Å². The number of pyridine rings is 1. The van der Waals surface area contributed by atoms with E-state index in [2.05, 4.69) is 23.8 Å². The van der Waals surface area contributed by atoms with E-state index in [4.69, 9.17) is 4.98 Å². The van der Waals surface area contributed by atoms with Crippen molar-refractivity contribution in [2.45, 2.75) is 57.4 Å². The molecule has 0 aliphatic heterocycles. The number of thiophene rings is 1. The molecule has 1 aliphatic carbocycles. The Kier molecular flexibility index (Phi) is 4.24. The molecule has 3 heterocycles. The maximum Gasteiger partial charge on any atom is 0.126 e. The number of aryl methyl sites for hydroxylation is 2. The second kappa shape index (κ2) is 6.36. The molecule has 0 atom stereocenters. The highest BCUT2D eigenvalue weighted by Crippen LogP contribution is 2.41. The van der Waals surface area contributed by atoms with E-state index in [1.54, 1.807) is 17.7 Å². The lowest BCUT2D eigenvalue weighted by atomic mass is 9.88. The summed E-state index contributed by atoms with van der Waals surface area (Å²) in [6.07, 6.45) is 8.85. The van der Waals surface area contributed by atoms with Gasteiger partial charge in [-0.1, -0.05) is 13.8 Å². The van der Waals surface area contributed by atoms with Gasteiger partial charge in [0.2, 0.25) is 0 Å². The number of nitrogens with zero attached hydrogens (tertiary/aromatic N) is 3. The third-order valence-electron chi connectivity index (χ3n) is 4.55. The van der Waals surface area contributed by atoms with Gasteiger partial charge in [0, 0.05) is 11.1 Å². The number of hydrogen-bond acceptors (Lipinski definition) is 5. The van der Waals surface area contributed by atoms with Gasteiger partial charge in [0.1, 0.15) is 16.2 Å². The fraction of sp³-hybridized carbons (Fsp3) is 0.500. The third kappa shape index (κ3) is 2.54. The van der Waals surface area contributed by atoms with Crippen LogP contribution in [0, 0.1) is 0 Å². The second-order valence-corrected chi connectivity index (χ2v) is 8.15. The van der Waals surface area contributed by atoms with Crippen LogP contribution in [-0.4, -0.2) is 20.7 Å². The van der Waals surface area contributed by atoms with Crippen molar-refractivity contribution in [3.8, 4) is 0 Å². The molecule has 3 aromatic rings. The van der Waals surface area contributed by atoms with E-state index in [1.165, 1.54) is 52.6 Å². The SMILES string of the molecule is CCCSc1ncnc2c1sc1nc(CC)c3c(c12)CCCC3. The largest absolute Gasteiger partial charge is 0.242 e. The highest BCUT2D eigenvalue weighted by Gasteiger charge is 2.22. The Morgan fingerprint density at radius 1 is 1.13 bits per heavy atom. The highest BCUT2D eigenvalue weighted by molar-refractivity contribution is 7.99. The summed E-state index contributed by atoms with van der Waals surface area (Å²) in [5, 5.41) is 2.44. The van der Waals surface area contributed by atoms with E-state index in [0.717, 1.165) is 34.0 Å². The molecular weight excluding hydrogens is 322 g/mol. The van der Waals surface area contributed by atoms with Crippen LogP contribution in [0.3, 0.4) is 0 Å². The summed E-state index contributed by atoms with van der Waals surface area (Å²) in [7, 11) is 0. The van der Waals surface area contributed by atoms with Crippen molar-refractivity contribution in [1.82, 2.24) is 15.0 Å². The summed E-state index contributed by atoms with van der Waals surface area (Å²) in [6.45, 7) is 4.43. The first-order chi connectivity index (χ1) is 11.3. The molecular formula is C18H21N3S2. The number of aromatic nitrogens is 3. The highest BCUT2D eigenvalue weighted by atomic mass is 32.2. The molecule has 0 saturated carbocycles. The maximum atomic E-state index is 5.01. The van der Waals surface area contributed by atoms with Crippen LogP contribution in [-0.2, 0) is 19.3 Å². The lowest BCUT2D eigenvalue weighted by Gasteiger charge is -2.19. The molecule has 120 valence electrons. The van der Waals surface area contributed by atoms with Gasteiger partial charge in [-0.3, -0.25) is 0 Å². The fourth-order valence-corrected chi connectivity index (χ4v) is 5.62. The van der Waals surface area contributed by atoms with Crippen molar-refractivity contribution >= 4 is 43.5 Å². The van der Waals surface area contributed by atoms with Crippen LogP contribution in [0.5, 0.6) is 0 Å². The zero-order valence-electron chi connectivity index (χ0n) is 13.7. The lowest BCUT2D eigenvalue weighted by Crippen LogP contribution is -2.08. The van der Waals surface area contributed by atoms with Crippen LogP contribution in [0.1, 0.15) is 49.9 Å². The molecule has 0 fully saturated rings. The molecule has 23 heavy (non-hydrogen) atoms. The average Bonchev–Trinajstić information content (AvgIpc) is 2.98. The summed E-state index contributed by atoms with van der Waals surface area (Å²) in [4.78, 5) is 15.3. The number of rotatable bonds is 4.